The van der Waals surface area contributed by atoms with E-state index in [-0.39, 0.29) is 22.8 Å². The molecular weight excluding hydrogens is 564 g/mol. The van der Waals surface area contributed by atoms with Gasteiger partial charge in [-0.3, -0.25) is 4.79 Å². The van der Waals surface area contributed by atoms with E-state index in [1.54, 1.807) is 0 Å². The van der Waals surface area contributed by atoms with Gasteiger partial charge in [0.15, 0.2) is 22.5 Å². The highest BCUT2D eigenvalue weighted by Crippen LogP contribution is 2.50. The molecule has 1 aromatic heterocycles. The van der Waals surface area contributed by atoms with Crippen LogP contribution in [0.15, 0.2) is 33.5 Å². The first-order chi connectivity index (χ1) is 19.9. The van der Waals surface area contributed by atoms with Crippen LogP contribution in [0.2, 0.25) is 0 Å². The molecule has 2 aliphatic rings. The number of methoxy groups -OCH3 is 1. The second-order valence-electron chi connectivity index (χ2n) is 10.1. The maximum atomic E-state index is 13.5. The summed E-state index contributed by atoms with van der Waals surface area (Å²) < 4.78 is 22.1. The number of fused-ring (bicyclic) bond motifs is 1. The number of rotatable bonds is 5. The number of phenolic OH excluding ortho intramolecular Hbond substituents is 3. The maximum Gasteiger partial charge on any atom is 0.197 e. The van der Waals surface area contributed by atoms with E-state index in [0.29, 0.717) is 0 Å². The van der Waals surface area contributed by atoms with E-state index in [0.717, 1.165) is 6.07 Å². The van der Waals surface area contributed by atoms with Gasteiger partial charge in [-0.05, 0) is 18.2 Å². The summed E-state index contributed by atoms with van der Waals surface area (Å²) in [5.74, 6) is -2.22. The van der Waals surface area contributed by atoms with E-state index in [1.165, 1.54) is 25.3 Å². The molecule has 0 amide bonds. The molecule has 228 valence electrons. The fourth-order valence-corrected chi connectivity index (χ4v) is 5.31. The van der Waals surface area contributed by atoms with Gasteiger partial charge in [0.1, 0.15) is 77.6 Å². The lowest BCUT2D eigenvalue weighted by Gasteiger charge is -2.41. The third kappa shape index (κ3) is 4.74. The molecule has 0 saturated carbocycles. The molecule has 0 unspecified atom stereocenters. The van der Waals surface area contributed by atoms with Gasteiger partial charge in [-0.15, -0.1) is 0 Å². The van der Waals surface area contributed by atoms with Crippen LogP contribution >= 0.6 is 0 Å². The van der Waals surface area contributed by atoms with Gasteiger partial charge >= 0.3 is 0 Å². The Balaban J connectivity index is 1.82. The van der Waals surface area contributed by atoms with Gasteiger partial charge in [0.2, 0.25) is 0 Å². The lowest BCUT2D eigenvalue weighted by Crippen LogP contribution is -2.55. The van der Waals surface area contributed by atoms with Crippen LogP contribution < -0.4 is 10.2 Å². The number of phenols is 3. The Hall–Kier alpha value is -3.51. The van der Waals surface area contributed by atoms with Crippen LogP contribution in [0.25, 0.3) is 22.3 Å². The molecule has 0 aliphatic carbocycles. The summed E-state index contributed by atoms with van der Waals surface area (Å²) in [5, 5.41) is 104. The van der Waals surface area contributed by atoms with Crippen LogP contribution in [-0.4, -0.2) is 114 Å². The normalized spacial score (nSPS) is 31.8. The zero-order valence-electron chi connectivity index (χ0n) is 21.9. The second kappa shape index (κ2) is 11.3. The van der Waals surface area contributed by atoms with E-state index in [1.807, 2.05) is 0 Å². The lowest BCUT2D eigenvalue weighted by atomic mass is 9.85. The molecule has 0 radical (unpaired) electrons. The van der Waals surface area contributed by atoms with Gasteiger partial charge in [0.05, 0.1) is 31.5 Å². The van der Waals surface area contributed by atoms with Crippen molar-refractivity contribution in [2.45, 2.75) is 54.9 Å². The van der Waals surface area contributed by atoms with Gasteiger partial charge in [0, 0.05) is 11.6 Å². The van der Waals surface area contributed by atoms with Crippen molar-refractivity contribution >= 4 is 11.0 Å². The van der Waals surface area contributed by atoms with E-state index < -0.39 is 107 Å². The molecule has 2 saturated heterocycles. The first-order valence-electron chi connectivity index (χ1n) is 12.8. The monoisotopic (exact) mass is 594 g/mol. The molecule has 9 atom stereocenters. The summed E-state index contributed by atoms with van der Waals surface area (Å²) in [6.45, 7) is -1.37. The van der Waals surface area contributed by atoms with Gasteiger partial charge in [-0.25, -0.2) is 0 Å². The number of aliphatic hydroxyl groups excluding tert-OH is 7. The molecule has 3 heterocycles. The number of hydrogen-bond donors (Lipinski definition) is 10. The summed E-state index contributed by atoms with van der Waals surface area (Å²) in [5.41, 5.74) is -2.39. The van der Waals surface area contributed by atoms with E-state index in [9.17, 15) is 55.9 Å². The Morgan fingerprint density at radius 2 is 1.55 bits per heavy atom. The standard InChI is InChI=1S/C27H30O15/c1-39-13-4-8(2-3-9(13)29)12-5-10(30)15-20(34)16(26-23(37)18(32)11(31)7-40-26)21(35)17(25(15)41-12)27-24(38)22(36)19(33)14(6-28)42-27/h2-5,11,14,18-19,22-24,26-29,31-38H,6-7H2,1H3/t11-,14+,18-,19+,22-,23+,24+,26-,27-/m0/s1. The smallest absolute Gasteiger partial charge is 0.197 e. The third-order valence-corrected chi connectivity index (χ3v) is 7.62. The molecule has 5 rings (SSSR count). The molecule has 42 heavy (non-hydrogen) atoms. The Bertz CT molecular complexity index is 1530. The molecule has 0 spiro atoms. The fourth-order valence-electron chi connectivity index (χ4n) is 5.31. The molecule has 3 aromatic rings. The minimum Gasteiger partial charge on any atom is -0.507 e. The summed E-state index contributed by atoms with van der Waals surface area (Å²) in [6, 6.07) is 4.95. The van der Waals surface area contributed by atoms with Crippen LogP contribution in [0.5, 0.6) is 23.0 Å². The van der Waals surface area contributed by atoms with E-state index >= 15 is 0 Å². The van der Waals surface area contributed by atoms with Crippen molar-refractivity contribution in [3.05, 3.63) is 45.6 Å². The summed E-state index contributed by atoms with van der Waals surface area (Å²) >= 11 is 0. The van der Waals surface area contributed by atoms with Crippen molar-refractivity contribution in [2.24, 2.45) is 0 Å². The lowest BCUT2D eigenvalue weighted by molar-refractivity contribution is -0.231. The summed E-state index contributed by atoms with van der Waals surface area (Å²) in [7, 11) is 1.29. The van der Waals surface area contributed by atoms with Crippen LogP contribution in [-0.2, 0) is 9.47 Å². The third-order valence-electron chi connectivity index (χ3n) is 7.62. The van der Waals surface area contributed by atoms with Crippen LogP contribution in [0.4, 0.5) is 0 Å². The molecule has 10 N–H and O–H groups in total. The Morgan fingerprint density at radius 3 is 2.21 bits per heavy atom. The zero-order valence-corrected chi connectivity index (χ0v) is 21.9. The van der Waals surface area contributed by atoms with Crippen LogP contribution in [0, 0.1) is 0 Å². The van der Waals surface area contributed by atoms with Crippen LogP contribution in [0.3, 0.4) is 0 Å². The minimum atomic E-state index is -1.98. The topological polar surface area (TPSA) is 260 Å². The van der Waals surface area contributed by atoms with Crippen molar-refractivity contribution in [3.63, 3.8) is 0 Å². The van der Waals surface area contributed by atoms with Gasteiger partial charge in [-0.1, -0.05) is 0 Å². The van der Waals surface area contributed by atoms with Crippen molar-refractivity contribution in [1.29, 1.82) is 0 Å². The highest BCUT2D eigenvalue weighted by atomic mass is 16.5. The Labute approximate surface area is 236 Å². The molecule has 2 aromatic carbocycles. The van der Waals surface area contributed by atoms with Gasteiger partial charge in [-0.2, -0.15) is 0 Å². The van der Waals surface area contributed by atoms with Gasteiger partial charge < -0.3 is 69.7 Å². The number of hydrogen-bond acceptors (Lipinski definition) is 15. The number of aromatic hydroxyl groups is 3. The quantitative estimate of drug-likeness (QED) is 0.157. The second-order valence-corrected chi connectivity index (χ2v) is 10.1. The highest BCUT2D eigenvalue weighted by molar-refractivity contribution is 5.92. The average molecular weight is 595 g/mol. The number of ether oxygens (including phenoxy) is 3. The predicted molar refractivity (Wildman–Crippen MR) is 139 cm³/mol. The molecule has 15 heteroatoms. The average Bonchev–Trinajstić information content (AvgIpc) is 2.96. The molecule has 0 bridgehead atoms. The van der Waals surface area contributed by atoms with E-state index in [4.69, 9.17) is 18.6 Å². The Morgan fingerprint density at radius 1 is 0.857 bits per heavy atom. The van der Waals surface area contributed by atoms with E-state index in [2.05, 4.69) is 0 Å². The fraction of sp³-hybridized carbons (Fsp3) is 0.444. The van der Waals surface area contributed by atoms with Crippen LogP contribution in [0.1, 0.15) is 23.3 Å². The minimum absolute atomic E-state index is 0.0228. The van der Waals surface area contributed by atoms with Gasteiger partial charge in [0.25, 0.3) is 0 Å². The predicted octanol–water partition coefficient (Wildman–Crippen LogP) is -1.75. The first-order valence-corrected chi connectivity index (χ1v) is 12.8. The van der Waals surface area contributed by atoms with Crippen molar-refractivity contribution in [2.75, 3.05) is 20.3 Å². The Kier molecular flexibility index (Phi) is 8.06. The summed E-state index contributed by atoms with van der Waals surface area (Å²) in [6.07, 6.45) is -15.9. The largest absolute Gasteiger partial charge is 0.507 e. The molecule has 2 aliphatic heterocycles. The summed E-state index contributed by atoms with van der Waals surface area (Å²) in [4.78, 5) is 13.5. The van der Waals surface area contributed by atoms with Crippen molar-refractivity contribution in [3.8, 4) is 34.3 Å². The SMILES string of the molecule is COc1cc(-c2cc(=O)c3c(O)c([C@@H]4OC[C@H](O)[C@H](O)[C@H]4O)c(O)c([C@@H]4O[C@H](CO)[C@@H](O)[C@H](O)[C@H]4O)c3o2)ccc1O. The number of benzene rings is 2. The molecule has 15 nitrogen and oxygen atoms in total. The van der Waals surface area contributed by atoms with Crippen molar-refractivity contribution in [1.82, 2.24) is 0 Å². The number of aliphatic hydroxyl groups is 7. The maximum absolute atomic E-state index is 13.5. The first kappa shape index (κ1) is 30.0. The molecular formula is C27H30O15. The highest BCUT2D eigenvalue weighted by Gasteiger charge is 2.48. The zero-order chi connectivity index (χ0) is 30.6. The van der Waals surface area contributed by atoms with Crippen molar-refractivity contribution < 1.29 is 69.7 Å². The molecule has 2 fully saturated rings.